The van der Waals surface area contributed by atoms with E-state index in [-0.39, 0.29) is 19.5 Å². The molecule has 0 unspecified atom stereocenters. The van der Waals surface area contributed by atoms with Gasteiger partial charge in [-0.05, 0) is 60.5 Å². The molecule has 2 N–H and O–H groups in total. The number of benzene rings is 7. The van der Waals surface area contributed by atoms with Crippen molar-refractivity contribution < 1.29 is 24.2 Å². The summed E-state index contributed by atoms with van der Waals surface area (Å²) in [5.74, 6) is 3.30. The Morgan fingerprint density at radius 3 is 1.14 bits per heavy atom. The molecule has 0 amide bonds. The van der Waals surface area contributed by atoms with E-state index in [9.17, 15) is 0 Å². The fraction of sp³-hybridized carbons (Fsp3) is 0.103. The van der Waals surface area contributed by atoms with E-state index in [4.69, 9.17) is 34.6 Å². The Morgan fingerprint density at radius 2 is 0.768 bits per heavy atom. The van der Waals surface area contributed by atoms with E-state index >= 15 is 0 Å². The molecule has 3 aromatic heterocycles. The van der Waals surface area contributed by atoms with Crippen LogP contribution < -0.4 is 4.74 Å². The van der Waals surface area contributed by atoms with Gasteiger partial charge in [-0.3, -0.25) is 0 Å². The summed E-state index contributed by atoms with van der Waals surface area (Å²) in [6, 6.07) is 62.1. The first kappa shape index (κ1) is 44.8. The maximum atomic E-state index is 5.87. The number of allylic oxidation sites excluding steroid dienone is 1. The number of hydrogen-bond donors (Lipinski definition) is 2. The molecule has 332 valence electrons. The molecule has 5 heterocycles. The average molecular weight is 951 g/mol. The van der Waals surface area contributed by atoms with Crippen molar-refractivity contribution in [2.24, 2.45) is 0 Å². The zero-order chi connectivity index (χ0) is 46.0. The molecule has 2 aliphatic rings. The van der Waals surface area contributed by atoms with E-state index in [0.717, 1.165) is 62.5 Å². The van der Waals surface area contributed by atoms with Gasteiger partial charge >= 0.3 is 0 Å². The summed E-state index contributed by atoms with van der Waals surface area (Å²) < 4.78 is 5.87. The summed E-state index contributed by atoms with van der Waals surface area (Å²) in [5, 5.41) is 3.82. The SMILES string of the molecule is CC/C(=C(\c1ccccc1)c1ccc(OCCN(C)C)cc1)c1ccccc1.[Zn].c1ccc2c(c1)-c1nc-2nc2[nH]c(nc3nc(nc4[nH]c(n1)c1ccccc41)-c1ccccc1-3)c1ccccc21. The number of hydrogen-bond acceptors (Lipinski definition) is 8. The van der Waals surface area contributed by atoms with Gasteiger partial charge in [0.15, 0.2) is 23.3 Å². The van der Waals surface area contributed by atoms with Crippen molar-refractivity contribution in [3.8, 4) is 51.3 Å². The number of aromatic nitrogens is 8. The molecule has 0 spiro atoms. The molecule has 12 rings (SSSR count). The van der Waals surface area contributed by atoms with Gasteiger partial charge in [-0.15, -0.1) is 0 Å². The van der Waals surface area contributed by atoms with Crippen LogP contribution in [0.3, 0.4) is 0 Å². The molecular weight excluding hydrogens is 904 g/mol. The fourth-order valence-electron chi connectivity index (χ4n) is 8.94. The molecular formula is C58H47N9OZn. The van der Waals surface area contributed by atoms with Gasteiger partial charge in [-0.25, -0.2) is 29.9 Å². The van der Waals surface area contributed by atoms with Crippen LogP contribution in [0.15, 0.2) is 182 Å². The van der Waals surface area contributed by atoms with Gasteiger partial charge in [0.25, 0.3) is 0 Å². The standard InChI is InChI=1S/C32H18N8.C26H29NO.Zn/c1-2-10-18-17(9-1)25-33-26(18)38-28-21-13-5-6-14-22(21)30(35-28)40-32-24-16-8-7-15-23(24)31(36-32)39-29-20-12-4-3-11-19(20)27(34-29)37-25;1-4-25(21-11-7-5-8-12-21)26(22-13-9-6-10-14-22)23-15-17-24(18-16-23)28-20-19-27(2)3;/h1-16H,(H2,33,34,35,36,37,38,39,40);5-18H,4,19-20H2,1-3H3;/b;26-25-;. The van der Waals surface area contributed by atoms with Crippen molar-refractivity contribution in [3.05, 3.63) is 199 Å². The number of ether oxygens (including phenoxy) is 1. The minimum atomic E-state index is 0. The Hall–Kier alpha value is -7.98. The number of aromatic amines is 2. The maximum Gasteiger partial charge on any atom is 0.164 e. The van der Waals surface area contributed by atoms with E-state index in [1.807, 2.05) is 97.1 Å². The third kappa shape index (κ3) is 8.98. The molecule has 0 fully saturated rings. The van der Waals surface area contributed by atoms with Crippen molar-refractivity contribution in [1.29, 1.82) is 0 Å². The van der Waals surface area contributed by atoms with Crippen LogP contribution in [0.4, 0.5) is 0 Å². The van der Waals surface area contributed by atoms with E-state index < -0.39 is 0 Å². The average Bonchev–Trinajstić information content (AvgIpc) is 4.12. The second kappa shape index (κ2) is 19.7. The minimum absolute atomic E-state index is 0. The molecule has 7 aromatic carbocycles. The van der Waals surface area contributed by atoms with Crippen LogP contribution in [0.5, 0.6) is 5.75 Å². The number of fused-ring (bicyclic) bond motifs is 20. The van der Waals surface area contributed by atoms with Crippen LogP contribution in [0, 0.1) is 0 Å². The van der Waals surface area contributed by atoms with E-state index in [1.165, 1.54) is 27.8 Å². The smallest absolute Gasteiger partial charge is 0.164 e. The predicted molar refractivity (Wildman–Crippen MR) is 276 cm³/mol. The molecule has 2 aliphatic heterocycles. The molecule has 10 aromatic rings. The van der Waals surface area contributed by atoms with Crippen molar-refractivity contribution in [3.63, 3.8) is 0 Å². The molecule has 0 atom stereocenters. The molecule has 0 saturated heterocycles. The molecule has 0 radical (unpaired) electrons. The van der Waals surface area contributed by atoms with Crippen LogP contribution in [0.2, 0.25) is 0 Å². The second-order valence-electron chi connectivity index (χ2n) is 16.9. The molecule has 0 aliphatic carbocycles. The summed E-state index contributed by atoms with van der Waals surface area (Å²) in [4.78, 5) is 38.9. The number of H-pyrrole nitrogens is 2. The zero-order valence-electron chi connectivity index (χ0n) is 38.7. The van der Waals surface area contributed by atoms with Crippen molar-refractivity contribution in [2.75, 3.05) is 27.2 Å². The predicted octanol–water partition coefficient (Wildman–Crippen LogP) is 12.9. The van der Waals surface area contributed by atoms with Gasteiger partial charge in [0.2, 0.25) is 0 Å². The molecule has 0 saturated carbocycles. The maximum absolute atomic E-state index is 5.87. The van der Waals surface area contributed by atoms with Gasteiger partial charge in [0.1, 0.15) is 34.9 Å². The fourth-order valence-corrected chi connectivity index (χ4v) is 8.94. The number of nitrogens with zero attached hydrogens (tertiary/aromatic N) is 7. The Bertz CT molecular complexity index is 3360. The summed E-state index contributed by atoms with van der Waals surface area (Å²) >= 11 is 0. The quantitative estimate of drug-likeness (QED) is 0.114. The first-order chi connectivity index (χ1) is 33.5. The molecule has 69 heavy (non-hydrogen) atoms. The summed E-state index contributed by atoms with van der Waals surface area (Å²) in [6.07, 6.45) is 0.968. The van der Waals surface area contributed by atoms with Gasteiger partial charge < -0.3 is 19.6 Å². The van der Waals surface area contributed by atoms with Crippen LogP contribution in [0.25, 0.3) is 101 Å². The van der Waals surface area contributed by atoms with Gasteiger partial charge in [0.05, 0.1) is 0 Å². The van der Waals surface area contributed by atoms with Crippen molar-refractivity contribution in [1.82, 2.24) is 44.8 Å². The third-order valence-corrected chi connectivity index (χ3v) is 12.3. The zero-order valence-corrected chi connectivity index (χ0v) is 41.7. The third-order valence-electron chi connectivity index (χ3n) is 12.3. The van der Waals surface area contributed by atoms with Crippen molar-refractivity contribution >= 4 is 55.3 Å². The van der Waals surface area contributed by atoms with Crippen LogP contribution >= 0.6 is 0 Å². The molecule has 11 heteroatoms. The van der Waals surface area contributed by atoms with Crippen LogP contribution in [-0.2, 0) is 19.5 Å². The minimum Gasteiger partial charge on any atom is -0.492 e. The number of nitrogens with one attached hydrogen (secondary N) is 2. The number of rotatable bonds is 8. The largest absolute Gasteiger partial charge is 0.492 e. The topological polar surface area (TPSA) is 121 Å². The first-order valence-corrected chi connectivity index (χ1v) is 22.9. The monoisotopic (exact) mass is 949 g/mol. The molecule has 8 bridgehead atoms. The van der Waals surface area contributed by atoms with E-state index in [1.54, 1.807) is 0 Å². The first-order valence-electron chi connectivity index (χ1n) is 22.9. The van der Waals surface area contributed by atoms with Gasteiger partial charge in [-0.1, -0.05) is 177 Å². The summed E-state index contributed by atoms with van der Waals surface area (Å²) in [5.41, 5.74) is 12.8. The van der Waals surface area contributed by atoms with Crippen LogP contribution in [-0.4, -0.2) is 72.0 Å². The second-order valence-corrected chi connectivity index (χ2v) is 16.9. The van der Waals surface area contributed by atoms with Crippen molar-refractivity contribution in [2.45, 2.75) is 13.3 Å². The number of likely N-dealkylation sites (N-methyl/N-ethyl adjacent to an activating group) is 1. The summed E-state index contributed by atoms with van der Waals surface area (Å²) in [6.45, 7) is 3.83. The molecule has 10 nitrogen and oxygen atoms in total. The van der Waals surface area contributed by atoms with Crippen LogP contribution in [0.1, 0.15) is 30.0 Å². The Labute approximate surface area is 412 Å². The Balaban J connectivity index is 0.000000169. The van der Waals surface area contributed by atoms with Gasteiger partial charge in [0, 0.05) is 69.8 Å². The Kier molecular flexibility index (Phi) is 12.8. The summed E-state index contributed by atoms with van der Waals surface area (Å²) in [7, 11) is 4.11. The Morgan fingerprint density at radius 1 is 0.420 bits per heavy atom. The van der Waals surface area contributed by atoms with E-state index in [0.29, 0.717) is 52.5 Å². The normalized spacial score (nSPS) is 11.8. The van der Waals surface area contributed by atoms with E-state index in [2.05, 4.69) is 121 Å². The van der Waals surface area contributed by atoms with Gasteiger partial charge in [-0.2, -0.15) is 0 Å².